The predicted molar refractivity (Wildman–Crippen MR) is 129 cm³/mol. The zero-order valence-electron chi connectivity index (χ0n) is 18.2. The molecule has 0 spiro atoms. The minimum absolute atomic E-state index is 0. The van der Waals surface area contributed by atoms with Crippen molar-refractivity contribution in [1.82, 2.24) is 25.4 Å². The normalized spacial score (nSPS) is 16.9. The number of hydrogen-bond acceptors (Lipinski definition) is 5. The zero-order valence-corrected chi connectivity index (χ0v) is 20.6. The molecule has 1 aliphatic heterocycles. The van der Waals surface area contributed by atoms with Crippen molar-refractivity contribution in [2.24, 2.45) is 4.99 Å². The van der Waals surface area contributed by atoms with E-state index in [1.807, 2.05) is 23.9 Å². The molecule has 0 saturated heterocycles. The Morgan fingerprint density at radius 1 is 1.30 bits per heavy atom. The number of aryl methyl sites for hydroxylation is 1. The molecule has 9 heteroatoms. The lowest BCUT2D eigenvalue weighted by Gasteiger charge is -2.25. The van der Waals surface area contributed by atoms with Crippen molar-refractivity contribution in [3.8, 4) is 5.75 Å². The van der Waals surface area contributed by atoms with Crippen LogP contribution >= 0.6 is 24.0 Å². The summed E-state index contributed by atoms with van der Waals surface area (Å²) in [7, 11) is 5.16. The number of benzene rings is 1. The van der Waals surface area contributed by atoms with Crippen LogP contribution in [0.5, 0.6) is 5.75 Å². The Kier molecular flexibility index (Phi) is 9.83. The lowest BCUT2D eigenvalue weighted by molar-refractivity contribution is 0.177. The summed E-state index contributed by atoms with van der Waals surface area (Å²) in [5.41, 5.74) is 1.31. The van der Waals surface area contributed by atoms with E-state index in [0.717, 1.165) is 55.7 Å². The first-order chi connectivity index (χ1) is 14.1. The molecule has 2 unspecified atom stereocenters. The van der Waals surface area contributed by atoms with Gasteiger partial charge in [0.25, 0.3) is 0 Å². The van der Waals surface area contributed by atoms with Gasteiger partial charge in [-0.3, -0.25) is 4.99 Å². The largest absolute Gasteiger partial charge is 0.497 e. The summed E-state index contributed by atoms with van der Waals surface area (Å²) >= 11 is 0. The van der Waals surface area contributed by atoms with Gasteiger partial charge in [-0.2, -0.15) is 5.10 Å². The molecule has 0 saturated carbocycles. The number of nitrogens with zero attached hydrogens (tertiary/aromatic N) is 4. The van der Waals surface area contributed by atoms with Crippen LogP contribution in [0.25, 0.3) is 0 Å². The van der Waals surface area contributed by atoms with Crippen LogP contribution in [0.3, 0.4) is 0 Å². The van der Waals surface area contributed by atoms with Gasteiger partial charge in [-0.15, -0.1) is 24.0 Å². The minimum Gasteiger partial charge on any atom is -0.497 e. The second kappa shape index (κ2) is 12.1. The van der Waals surface area contributed by atoms with Crippen molar-refractivity contribution in [1.29, 1.82) is 0 Å². The van der Waals surface area contributed by atoms with Crippen LogP contribution in [0.2, 0.25) is 0 Å². The summed E-state index contributed by atoms with van der Waals surface area (Å²) in [5, 5.41) is 11.5. The molecule has 1 aromatic carbocycles. The maximum absolute atomic E-state index is 5.23. The van der Waals surface area contributed by atoms with E-state index in [4.69, 9.17) is 9.47 Å². The molecule has 2 heterocycles. The average molecular weight is 528 g/mol. The number of halogens is 1. The number of rotatable bonds is 8. The van der Waals surface area contributed by atoms with E-state index in [-0.39, 0.29) is 30.0 Å². The standard InChI is InChI=1S/C21H32N6O2.HI/c1-15(16-5-8-18(29-4)9-6-16)11-12-23-21(22-2)24-17-7-10-20-25-19(14-28-3)26-27(20)13-17;/h5-6,8-9,15,17H,7,10-14H2,1-4H3,(H2,22,23,24);1H. The molecule has 166 valence electrons. The van der Waals surface area contributed by atoms with Gasteiger partial charge in [0, 0.05) is 33.2 Å². The van der Waals surface area contributed by atoms with Gasteiger partial charge in [-0.05, 0) is 36.5 Å². The van der Waals surface area contributed by atoms with Gasteiger partial charge in [-0.25, -0.2) is 9.67 Å². The lowest BCUT2D eigenvalue weighted by atomic mass is 9.98. The summed E-state index contributed by atoms with van der Waals surface area (Å²) in [5.74, 6) is 3.96. The highest BCUT2D eigenvalue weighted by atomic mass is 127. The molecule has 0 radical (unpaired) electrons. The summed E-state index contributed by atoms with van der Waals surface area (Å²) in [6, 6.07) is 8.57. The van der Waals surface area contributed by atoms with Gasteiger partial charge >= 0.3 is 0 Å². The Hall–Kier alpha value is -1.88. The van der Waals surface area contributed by atoms with E-state index in [1.165, 1.54) is 5.56 Å². The number of nitrogens with one attached hydrogen (secondary N) is 2. The third-order valence-corrected chi connectivity index (χ3v) is 5.29. The Balaban J connectivity index is 0.00000320. The number of aromatic nitrogens is 3. The number of guanidine groups is 1. The van der Waals surface area contributed by atoms with Crippen LogP contribution in [0.4, 0.5) is 0 Å². The fraction of sp³-hybridized carbons (Fsp3) is 0.571. The third-order valence-electron chi connectivity index (χ3n) is 5.29. The van der Waals surface area contributed by atoms with Gasteiger partial charge in [0.15, 0.2) is 11.8 Å². The minimum atomic E-state index is 0. The summed E-state index contributed by atoms with van der Waals surface area (Å²) < 4.78 is 12.3. The van der Waals surface area contributed by atoms with Crippen LogP contribution in [-0.4, -0.2) is 54.6 Å². The van der Waals surface area contributed by atoms with Gasteiger partial charge in [0.1, 0.15) is 18.2 Å². The number of ether oxygens (including phenoxy) is 2. The molecule has 30 heavy (non-hydrogen) atoms. The summed E-state index contributed by atoms with van der Waals surface area (Å²) in [6.07, 6.45) is 2.93. The van der Waals surface area contributed by atoms with Crippen molar-refractivity contribution < 1.29 is 9.47 Å². The van der Waals surface area contributed by atoms with E-state index in [9.17, 15) is 0 Å². The second-order valence-corrected chi connectivity index (χ2v) is 7.40. The zero-order chi connectivity index (χ0) is 20.6. The Morgan fingerprint density at radius 3 is 2.73 bits per heavy atom. The lowest BCUT2D eigenvalue weighted by Crippen LogP contribution is -2.47. The second-order valence-electron chi connectivity index (χ2n) is 7.40. The molecule has 1 aromatic heterocycles. The number of methoxy groups -OCH3 is 2. The number of aliphatic imine (C=N–C) groups is 1. The van der Waals surface area contributed by atoms with E-state index < -0.39 is 0 Å². The number of hydrogen-bond donors (Lipinski definition) is 2. The van der Waals surface area contributed by atoms with Crippen LogP contribution < -0.4 is 15.4 Å². The van der Waals surface area contributed by atoms with Crippen molar-refractivity contribution in [2.45, 2.75) is 51.3 Å². The van der Waals surface area contributed by atoms with Gasteiger partial charge in [0.05, 0.1) is 13.7 Å². The molecule has 8 nitrogen and oxygen atoms in total. The van der Waals surface area contributed by atoms with E-state index >= 15 is 0 Å². The number of fused-ring (bicyclic) bond motifs is 1. The highest BCUT2D eigenvalue weighted by Gasteiger charge is 2.22. The molecule has 0 fully saturated rings. The Bertz CT molecular complexity index is 808. The van der Waals surface area contributed by atoms with Crippen molar-refractivity contribution in [2.75, 3.05) is 27.8 Å². The molecular weight excluding hydrogens is 495 g/mol. The maximum atomic E-state index is 5.23. The molecule has 2 N–H and O–H groups in total. The Labute approximate surface area is 195 Å². The molecule has 0 bridgehead atoms. The topological polar surface area (TPSA) is 85.6 Å². The fourth-order valence-corrected chi connectivity index (χ4v) is 3.56. The van der Waals surface area contributed by atoms with Crippen LogP contribution in [0.15, 0.2) is 29.3 Å². The molecule has 0 amide bonds. The van der Waals surface area contributed by atoms with Crippen molar-refractivity contribution >= 4 is 29.9 Å². The third kappa shape index (κ3) is 6.56. The van der Waals surface area contributed by atoms with Crippen molar-refractivity contribution in [3.05, 3.63) is 41.5 Å². The van der Waals surface area contributed by atoms with Crippen LogP contribution in [-0.2, 0) is 24.3 Å². The monoisotopic (exact) mass is 528 g/mol. The van der Waals surface area contributed by atoms with Crippen LogP contribution in [0.1, 0.15) is 42.9 Å². The van der Waals surface area contributed by atoms with E-state index in [0.29, 0.717) is 12.5 Å². The van der Waals surface area contributed by atoms with E-state index in [2.05, 4.69) is 44.8 Å². The average Bonchev–Trinajstić information content (AvgIpc) is 3.15. The predicted octanol–water partition coefficient (Wildman–Crippen LogP) is 2.72. The Morgan fingerprint density at radius 2 is 2.07 bits per heavy atom. The highest BCUT2D eigenvalue weighted by molar-refractivity contribution is 14.0. The first-order valence-corrected chi connectivity index (χ1v) is 10.2. The highest BCUT2D eigenvalue weighted by Crippen LogP contribution is 2.21. The first-order valence-electron chi connectivity index (χ1n) is 10.2. The summed E-state index contributed by atoms with van der Waals surface area (Å²) in [4.78, 5) is 8.91. The summed E-state index contributed by atoms with van der Waals surface area (Å²) in [6.45, 7) is 4.33. The van der Waals surface area contributed by atoms with Crippen LogP contribution in [0, 0.1) is 0 Å². The molecular formula is C21H33IN6O2. The molecule has 1 aliphatic rings. The SMILES string of the molecule is CN=C(NCCC(C)c1ccc(OC)cc1)NC1CCc2nc(COC)nn2C1.I. The van der Waals surface area contributed by atoms with Gasteiger partial charge < -0.3 is 20.1 Å². The maximum Gasteiger partial charge on any atom is 0.191 e. The van der Waals surface area contributed by atoms with Gasteiger partial charge in [0.2, 0.25) is 0 Å². The fourth-order valence-electron chi connectivity index (χ4n) is 3.56. The van der Waals surface area contributed by atoms with Crippen molar-refractivity contribution in [3.63, 3.8) is 0 Å². The molecule has 0 aliphatic carbocycles. The molecule has 3 rings (SSSR count). The smallest absolute Gasteiger partial charge is 0.191 e. The first kappa shape index (κ1) is 24.4. The molecule has 2 aromatic rings. The molecule has 2 atom stereocenters. The van der Waals surface area contributed by atoms with E-state index in [1.54, 1.807) is 14.2 Å². The quantitative estimate of drug-likeness (QED) is 0.312. The van der Waals surface area contributed by atoms with Gasteiger partial charge in [-0.1, -0.05) is 19.1 Å².